The molecule has 1 aliphatic heterocycles. The minimum Gasteiger partial charge on any atom is -0.379 e. The van der Waals surface area contributed by atoms with E-state index in [1.165, 1.54) is 5.56 Å². The number of nitrogens with one attached hydrogen (secondary N) is 2. The summed E-state index contributed by atoms with van der Waals surface area (Å²) in [6.45, 7) is 5.17. The summed E-state index contributed by atoms with van der Waals surface area (Å²) in [4.78, 5) is 16.5. The normalized spacial score (nSPS) is 20.6. The molecule has 6 heteroatoms. The number of nitrogens with zero attached hydrogens (tertiary/aromatic N) is 2. The number of hydrogen-bond acceptors (Lipinski definition) is 4. The molecule has 6 nitrogen and oxygen atoms in total. The number of ether oxygens (including phenoxy) is 1. The lowest BCUT2D eigenvalue weighted by Crippen LogP contribution is -2.41. The van der Waals surface area contributed by atoms with Gasteiger partial charge in [0, 0.05) is 29.6 Å². The van der Waals surface area contributed by atoms with Gasteiger partial charge < -0.3 is 10.1 Å². The van der Waals surface area contributed by atoms with E-state index in [2.05, 4.69) is 20.5 Å². The third-order valence-corrected chi connectivity index (χ3v) is 4.44. The predicted molar refractivity (Wildman–Crippen MR) is 86.2 cm³/mol. The van der Waals surface area contributed by atoms with Crippen LogP contribution < -0.4 is 5.32 Å². The summed E-state index contributed by atoms with van der Waals surface area (Å²) in [5.74, 6) is 0.139. The highest BCUT2D eigenvalue weighted by Crippen LogP contribution is 2.20. The molecule has 1 amide bonds. The van der Waals surface area contributed by atoms with Gasteiger partial charge in [0.25, 0.3) is 5.91 Å². The largest absolute Gasteiger partial charge is 0.379 e. The van der Waals surface area contributed by atoms with Crippen LogP contribution in [0.1, 0.15) is 34.2 Å². The second kappa shape index (κ2) is 6.91. The van der Waals surface area contributed by atoms with E-state index in [1.807, 2.05) is 26.0 Å². The SMILES string of the molecule is CCc1[nH]nc(C(=O)N[C@H]2COC[C@H]2Cc2ccncc2)c1C. The van der Waals surface area contributed by atoms with Gasteiger partial charge in [0.2, 0.25) is 0 Å². The topological polar surface area (TPSA) is 79.9 Å². The third kappa shape index (κ3) is 3.42. The lowest BCUT2D eigenvalue weighted by atomic mass is 9.95. The molecule has 2 aromatic rings. The van der Waals surface area contributed by atoms with Crippen LogP contribution in [0.25, 0.3) is 0 Å². The van der Waals surface area contributed by atoms with E-state index in [-0.39, 0.29) is 17.9 Å². The molecule has 0 spiro atoms. The minimum atomic E-state index is -0.131. The van der Waals surface area contributed by atoms with Crippen molar-refractivity contribution in [3.8, 4) is 0 Å². The van der Waals surface area contributed by atoms with Crippen LogP contribution in [0.15, 0.2) is 24.5 Å². The number of H-pyrrole nitrogens is 1. The molecule has 0 unspecified atom stereocenters. The first-order chi connectivity index (χ1) is 11.2. The maximum Gasteiger partial charge on any atom is 0.272 e. The Morgan fingerprint density at radius 1 is 1.39 bits per heavy atom. The van der Waals surface area contributed by atoms with Crippen molar-refractivity contribution in [2.24, 2.45) is 5.92 Å². The molecule has 0 aromatic carbocycles. The zero-order valence-corrected chi connectivity index (χ0v) is 13.5. The first-order valence-electron chi connectivity index (χ1n) is 8.00. The van der Waals surface area contributed by atoms with Crippen LogP contribution in [-0.2, 0) is 17.6 Å². The summed E-state index contributed by atoms with van der Waals surface area (Å²) in [5.41, 5.74) is 3.62. The molecule has 3 heterocycles. The van der Waals surface area contributed by atoms with Gasteiger partial charge in [-0.15, -0.1) is 0 Å². The lowest BCUT2D eigenvalue weighted by molar-refractivity contribution is 0.0919. The van der Waals surface area contributed by atoms with Gasteiger partial charge in [0.1, 0.15) is 0 Å². The van der Waals surface area contributed by atoms with Crippen molar-refractivity contribution in [1.29, 1.82) is 0 Å². The Hall–Kier alpha value is -2.21. The molecule has 0 saturated carbocycles. The number of amides is 1. The Morgan fingerprint density at radius 2 is 2.17 bits per heavy atom. The van der Waals surface area contributed by atoms with Crippen LogP contribution in [0.2, 0.25) is 0 Å². The van der Waals surface area contributed by atoms with E-state index >= 15 is 0 Å². The number of aryl methyl sites for hydroxylation is 1. The Balaban J connectivity index is 1.66. The molecule has 122 valence electrons. The number of aromatic nitrogens is 3. The molecule has 2 N–H and O–H groups in total. The number of carbonyl (C=O) groups excluding carboxylic acids is 1. The van der Waals surface area contributed by atoms with Gasteiger partial charge in [-0.25, -0.2) is 0 Å². The summed E-state index contributed by atoms with van der Waals surface area (Å²) < 4.78 is 5.58. The van der Waals surface area contributed by atoms with Gasteiger partial charge in [-0.1, -0.05) is 6.92 Å². The minimum absolute atomic E-state index is 0.0110. The number of carbonyl (C=O) groups is 1. The van der Waals surface area contributed by atoms with E-state index in [0.29, 0.717) is 18.9 Å². The lowest BCUT2D eigenvalue weighted by Gasteiger charge is -2.18. The van der Waals surface area contributed by atoms with Crippen molar-refractivity contribution in [2.45, 2.75) is 32.7 Å². The zero-order chi connectivity index (χ0) is 16.2. The van der Waals surface area contributed by atoms with E-state index in [9.17, 15) is 4.79 Å². The van der Waals surface area contributed by atoms with Crippen LogP contribution in [0.5, 0.6) is 0 Å². The average Bonchev–Trinajstić information content (AvgIpc) is 3.15. The first kappa shape index (κ1) is 15.7. The van der Waals surface area contributed by atoms with Gasteiger partial charge in [-0.3, -0.25) is 14.9 Å². The standard InChI is InChI=1S/C17H22N4O2/c1-3-14-11(2)16(21-20-14)17(22)19-15-10-23-9-13(15)8-12-4-6-18-7-5-12/h4-7,13,15H,3,8-10H2,1-2H3,(H,19,22)(H,20,21)/t13-,15+/m1/s1. The summed E-state index contributed by atoms with van der Waals surface area (Å²) >= 11 is 0. The molecule has 0 aliphatic carbocycles. The maximum absolute atomic E-state index is 12.5. The van der Waals surface area contributed by atoms with Crippen molar-refractivity contribution in [2.75, 3.05) is 13.2 Å². The monoisotopic (exact) mass is 314 g/mol. The van der Waals surface area contributed by atoms with Gasteiger partial charge in [-0.05, 0) is 37.5 Å². The Morgan fingerprint density at radius 3 is 2.87 bits per heavy atom. The van der Waals surface area contributed by atoms with Crippen molar-refractivity contribution < 1.29 is 9.53 Å². The number of pyridine rings is 1. The molecule has 3 rings (SSSR count). The summed E-state index contributed by atoms with van der Waals surface area (Å²) in [5, 5.41) is 10.2. The Bertz CT molecular complexity index is 668. The third-order valence-electron chi connectivity index (χ3n) is 4.44. The molecule has 0 bridgehead atoms. The Labute approximate surface area is 135 Å². The number of rotatable bonds is 5. The van der Waals surface area contributed by atoms with Gasteiger partial charge >= 0.3 is 0 Å². The fraction of sp³-hybridized carbons (Fsp3) is 0.471. The van der Waals surface area contributed by atoms with Gasteiger partial charge in [-0.2, -0.15) is 5.10 Å². The zero-order valence-electron chi connectivity index (χ0n) is 13.5. The van der Waals surface area contributed by atoms with Crippen LogP contribution in [0.3, 0.4) is 0 Å². The number of aromatic amines is 1. The van der Waals surface area contributed by atoms with E-state index < -0.39 is 0 Å². The van der Waals surface area contributed by atoms with Crippen LogP contribution in [0.4, 0.5) is 0 Å². The van der Waals surface area contributed by atoms with E-state index in [1.54, 1.807) is 12.4 Å². The molecule has 23 heavy (non-hydrogen) atoms. The van der Waals surface area contributed by atoms with E-state index in [0.717, 1.165) is 24.1 Å². The highest BCUT2D eigenvalue weighted by molar-refractivity contribution is 5.94. The fourth-order valence-electron chi connectivity index (χ4n) is 3.02. The summed E-state index contributed by atoms with van der Waals surface area (Å²) in [6.07, 6.45) is 5.28. The van der Waals surface area contributed by atoms with Crippen molar-refractivity contribution in [3.63, 3.8) is 0 Å². The molecular weight excluding hydrogens is 292 g/mol. The molecule has 1 saturated heterocycles. The highest BCUT2D eigenvalue weighted by atomic mass is 16.5. The number of hydrogen-bond donors (Lipinski definition) is 2. The molecule has 2 atom stereocenters. The molecule has 1 aliphatic rings. The Kier molecular flexibility index (Phi) is 4.71. The van der Waals surface area contributed by atoms with Crippen LogP contribution in [0, 0.1) is 12.8 Å². The molecule has 0 radical (unpaired) electrons. The first-order valence-corrected chi connectivity index (χ1v) is 8.00. The summed E-state index contributed by atoms with van der Waals surface area (Å²) in [7, 11) is 0. The quantitative estimate of drug-likeness (QED) is 0.879. The second-order valence-electron chi connectivity index (χ2n) is 5.97. The molecule has 1 fully saturated rings. The van der Waals surface area contributed by atoms with Crippen LogP contribution in [-0.4, -0.2) is 40.3 Å². The van der Waals surface area contributed by atoms with Crippen molar-refractivity contribution >= 4 is 5.91 Å². The summed E-state index contributed by atoms with van der Waals surface area (Å²) in [6, 6.07) is 4.02. The molecule has 2 aromatic heterocycles. The van der Waals surface area contributed by atoms with Crippen molar-refractivity contribution in [3.05, 3.63) is 47.0 Å². The molecular formula is C17H22N4O2. The highest BCUT2D eigenvalue weighted by Gasteiger charge is 2.30. The maximum atomic E-state index is 12.5. The smallest absolute Gasteiger partial charge is 0.272 e. The predicted octanol–water partition coefficient (Wildman–Crippen LogP) is 1.66. The van der Waals surface area contributed by atoms with Crippen LogP contribution >= 0.6 is 0 Å². The van der Waals surface area contributed by atoms with Gasteiger partial charge in [0.05, 0.1) is 19.3 Å². The second-order valence-corrected chi connectivity index (χ2v) is 5.97. The van der Waals surface area contributed by atoms with Crippen molar-refractivity contribution in [1.82, 2.24) is 20.5 Å². The fourth-order valence-corrected chi connectivity index (χ4v) is 3.02. The van der Waals surface area contributed by atoms with E-state index in [4.69, 9.17) is 4.74 Å². The average molecular weight is 314 g/mol. The van der Waals surface area contributed by atoms with Gasteiger partial charge in [0.15, 0.2) is 5.69 Å².